The molecular weight excluding hydrogens is 199 g/mol. The number of phenols is 1. The topological polar surface area (TPSA) is 29.5 Å². The zero-order valence-electron chi connectivity index (χ0n) is 6.69. The summed E-state index contributed by atoms with van der Waals surface area (Å²) in [5.74, 6) is 0.219. The van der Waals surface area contributed by atoms with E-state index in [1.165, 1.54) is 13.2 Å². The molecule has 0 aromatic heterocycles. The van der Waals surface area contributed by atoms with Crippen molar-refractivity contribution in [1.82, 2.24) is 0 Å². The Hall–Kier alpha value is -0.600. The summed E-state index contributed by atoms with van der Waals surface area (Å²) >= 11 is 11.5. The zero-order valence-corrected chi connectivity index (χ0v) is 8.20. The molecule has 0 spiro atoms. The number of phenolic OH excluding ortho intramolecular Hbond substituents is 1. The predicted molar refractivity (Wildman–Crippen MR) is 49.4 cm³/mol. The summed E-state index contributed by atoms with van der Waals surface area (Å²) in [6.07, 6.45) is 0. The van der Waals surface area contributed by atoms with Crippen molar-refractivity contribution in [1.29, 1.82) is 0 Å². The quantitative estimate of drug-likeness (QED) is 0.766. The van der Waals surface area contributed by atoms with Gasteiger partial charge < -0.3 is 9.84 Å². The van der Waals surface area contributed by atoms with E-state index in [0.717, 1.165) is 0 Å². The summed E-state index contributed by atoms with van der Waals surface area (Å²) < 4.78 is 4.84. The van der Waals surface area contributed by atoms with Crippen LogP contribution in [0.5, 0.6) is 11.5 Å². The lowest BCUT2D eigenvalue weighted by atomic mass is 10.2. The first-order chi connectivity index (χ1) is 5.57. The van der Waals surface area contributed by atoms with E-state index < -0.39 is 0 Å². The highest BCUT2D eigenvalue weighted by atomic mass is 35.5. The van der Waals surface area contributed by atoms with E-state index in [1.807, 2.05) is 0 Å². The lowest BCUT2D eigenvalue weighted by Crippen LogP contribution is -1.87. The first-order valence-corrected chi connectivity index (χ1v) is 4.05. The SMILES string of the molecule is COc1cc(Cl)c(C)c(Cl)c1O. The summed E-state index contributed by atoms with van der Waals surface area (Å²) in [6.45, 7) is 1.73. The third-order valence-corrected chi connectivity index (χ3v) is 2.46. The van der Waals surface area contributed by atoms with Crippen LogP contribution in [0.1, 0.15) is 5.56 Å². The summed E-state index contributed by atoms with van der Waals surface area (Å²) in [7, 11) is 1.44. The maximum atomic E-state index is 9.39. The third-order valence-electron chi connectivity index (χ3n) is 1.61. The molecule has 2 nitrogen and oxygen atoms in total. The highest BCUT2D eigenvalue weighted by Crippen LogP contribution is 2.39. The molecule has 0 saturated heterocycles. The van der Waals surface area contributed by atoms with Crippen LogP contribution in [0.25, 0.3) is 0 Å². The fourth-order valence-corrected chi connectivity index (χ4v) is 1.27. The minimum atomic E-state index is -0.0685. The van der Waals surface area contributed by atoms with E-state index in [9.17, 15) is 5.11 Å². The molecule has 4 heteroatoms. The van der Waals surface area contributed by atoms with Crippen molar-refractivity contribution >= 4 is 23.2 Å². The molecule has 1 aromatic carbocycles. The van der Waals surface area contributed by atoms with Gasteiger partial charge in [-0.2, -0.15) is 0 Å². The Morgan fingerprint density at radius 2 is 2.00 bits per heavy atom. The van der Waals surface area contributed by atoms with Crippen molar-refractivity contribution in [3.8, 4) is 11.5 Å². The molecule has 0 aliphatic heterocycles. The molecule has 0 aliphatic carbocycles. The zero-order chi connectivity index (χ0) is 9.30. The van der Waals surface area contributed by atoms with E-state index in [0.29, 0.717) is 10.6 Å². The maximum Gasteiger partial charge on any atom is 0.177 e. The second-order valence-electron chi connectivity index (χ2n) is 2.35. The Balaban J connectivity index is 3.39. The summed E-state index contributed by atoms with van der Waals surface area (Å²) in [6, 6.07) is 1.53. The highest BCUT2D eigenvalue weighted by Gasteiger charge is 2.12. The van der Waals surface area contributed by atoms with Crippen molar-refractivity contribution in [2.75, 3.05) is 7.11 Å². The molecule has 1 N–H and O–H groups in total. The van der Waals surface area contributed by atoms with Gasteiger partial charge in [-0.25, -0.2) is 0 Å². The molecule has 1 rings (SSSR count). The second-order valence-corrected chi connectivity index (χ2v) is 3.13. The molecule has 0 aliphatic rings. The predicted octanol–water partition coefficient (Wildman–Crippen LogP) is 3.02. The van der Waals surface area contributed by atoms with Gasteiger partial charge in [-0.15, -0.1) is 0 Å². The molecule has 0 fully saturated rings. The molecular formula is C8H8Cl2O2. The van der Waals surface area contributed by atoms with Gasteiger partial charge in [-0.1, -0.05) is 23.2 Å². The molecule has 0 saturated carbocycles. The molecule has 0 unspecified atom stereocenters. The van der Waals surface area contributed by atoms with Gasteiger partial charge in [0.15, 0.2) is 11.5 Å². The first kappa shape index (κ1) is 9.49. The van der Waals surface area contributed by atoms with Gasteiger partial charge in [0.2, 0.25) is 0 Å². The van der Waals surface area contributed by atoms with Gasteiger partial charge in [0.1, 0.15) is 0 Å². The summed E-state index contributed by atoms with van der Waals surface area (Å²) in [4.78, 5) is 0. The van der Waals surface area contributed by atoms with Crippen LogP contribution >= 0.6 is 23.2 Å². The average Bonchev–Trinajstić information content (AvgIpc) is 2.08. The van der Waals surface area contributed by atoms with E-state index in [2.05, 4.69) is 0 Å². The van der Waals surface area contributed by atoms with Crippen molar-refractivity contribution in [3.05, 3.63) is 21.7 Å². The van der Waals surface area contributed by atoms with Crippen LogP contribution in [-0.2, 0) is 0 Å². The van der Waals surface area contributed by atoms with E-state index >= 15 is 0 Å². The number of halogens is 2. The maximum absolute atomic E-state index is 9.39. The van der Waals surface area contributed by atoms with Crippen LogP contribution in [0.2, 0.25) is 10.0 Å². The Morgan fingerprint density at radius 1 is 1.42 bits per heavy atom. The van der Waals surface area contributed by atoms with Gasteiger partial charge in [0, 0.05) is 11.1 Å². The second kappa shape index (κ2) is 3.42. The molecule has 66 valence electrons. The number of rotatable bonds is 1. The summed E-state index contributed by atoms with van der Waals surface area (Å²) in [5, 5.41) is 10.1. The molecule has 1 aromatic rings. The van der Waals surface area contributed by atoms with Crippen LogP contribution in [0, 0.1) is 6.92 Å². The summed E-state index contributed by atoms with van der Waals surface area (Å²) in [5.41, 5.74) is 0.650. The Bertz CT molecular complexity index is 310. The van der Waals surface area contributed by atoms with Crippen molar-refractivity contribution < 1.29 is 9.84 Å². The van der Waals surface area contributed by atoms with Gasteiger partial charge >= 0.3 is 0 Å². The van der Waals surface area contributed by atoms with Gasteiger partial charge in [0.25, 0.3) is 0 Å². The fraction of sp³-hybridized carbons (Fsp3) is 0.250. The highest BCUT2D eigenvalue weighted by molar-refractivity contribution is 6.37. The van der Waals surface area contributed by atoms with Crippen molar-refractivity contribution in [2.24, 2.45) is 0 Å². The average molecular weight is 207 g/mol. The van der Waals surface area contributed by atoms with Crippen LogP contribution in [0.4, 0.5) is 0 Å². The van der Waals surface area contributed by atoms with Crippen LogP contribution in [0.3, 0.4) is 0 Å². The van der Waals surface area contributed by atoms with Crippen LogP contribution in [0.15, 0.2) is 6.07 Å². The molecule has 0 amide bonds. The third kappa shape index (κ3) is 1.45. The van der Waals surface area contributed by atoms with Crippen LogP contribution < -0.4 is 4.74 Å². The van der Waals surface area contributed by atoms with Crippen molar-refractivity contribution in [2.45, 2.75) is 6.92 Å². The standard InChI is InChI=1S/C8H8Cl2O2/c1-4-5(9)3-6(12-2)8(11)7(4)10/h3,11H,1-2H3. The Kier molecular flexibility index (Phi) is 2.70. The van der Waals surface area contributed by atoms with Gasteiger partial charge in [-0.3, -0.25) is 0 Å². The Morgan fingerprint density at radius 3 is 2.50 bits per heavy atom. The monoisotopic (exact) mass is 206 g/mol. The molecule has 0 heterocycles. The minimum absolute atomic E-state index is 0.0685. The van der Waals surface area contributed by atoms with E-state index in [-0.39, 0.29) is 16.5 Å². The fourth-order valence-electron chi connectivity index (χ4n) is 0.838. The minimum Gasteiger partial charge on any atom is -0.503 e. The van der Waals surface area contributed by atoms with E-state index in [4.69, 9.17) is 27.9 Å². The van der Waals surface area contributed by atoms with Gasteiger partial charge in [-0.05, 0) is 12.5 Å². The lowest BCUT2D eigenvalue weighted by Gasteiger charge is -2.08. The number of hydrogen-bond donors (Lipinski definition) is 1. The normalized spacial score (nSPS) is 10.0. The van der Waals surface area contributed by atoms with E-state index in [1.54, 1.807) is 6.92 Å². The Labute approximate surface area is 80.7 Å². The molecule has 0 bridgehead atoms. The molecule has 12 heavy (non-hydrogen) atoms. The largest absolute Gasteiger partial charge is 0.503 e. The number of ether oxygens (including phenoxy) is 1. The first-order valence-electron chi connectivity index (χ1n) is 3.29. The molecule has 0 radical (unpaired) electrons. The van der Waals surface area contributed by atoms with Crippen LogP contribution in [-0.4, -0.2) is 12.2 Å². The molecule has 0 atom stereocenters. The smallest absolute Gasteiger partial charge is 0.177 e. The number of aromatic hydroxyl groups is 1. The number of methoxy groups -OCH3 is 1. The number of benzene rings is 1. The van der Waals surface area contributed by atoms with Gasteiger partial charge in [0.05, 0.1) is 12.1 Å². The lowest BCUT2D eigenvalue weighted by molar-refractivity contribution is 0.373. The number of hydrogen-bond acceptors (Lipinski definition) is 2. The van der Waals surface area contributed by atoms with Crippen molar-refractivity contribution in [3.63, 3.8) is 0 Å².